The van der Waals surface area contributed by atoms with E-state index in [4.69, 9.17) is 4.74 Å². The van der Waals surface area contributed by atoms with Gasteiger partial charge in [0.1, 0.15) is 0 Å². The van der Waals surface area contributed by atoms with Gasteiger partial charge >= 0.3 is 5.97 Å². The van der Waals surface area contributed by atoms with Crippen molar-refractivity contribution in [3.05, 3.63) is 59.7 Å². The molecule has 0 heterocycles. The van der Waals surface area contributed by atoms with Crippen LogP contribution in [-0.2, 0) is 21.6 Å². The monoisotopic (exact) mass is 368 g/mol. The topological polar surface area (TPSA) is 46.5 Å². The number of rotatable bonds is 7. The van der Waals surface area contributed by atoms with E-state index in [2.05, 4.69) is 43.3 Å². The van der Waals surface area contributed by atoms with Gasteiger partial charge < -0.3 is 9.84 Å². The van der Waals surface area contributed by atoms with Gasteiger partial charge in [0.2, 0.25) is 0 Å². The number of hydrogen-bond acceptors (Lipinski definition) is 2. The molecule has 0 spiro atoms. The molecule has 1 aromatic carbocycles. The van der Waals surface area contributed by atoms with Gasteiger partial charge in [-0.3, -0.25) is 4.79 Å². The highest BCUT2D eigenvalue weighted by Gasteiger charge is 2.41. The molecule has 146 valence electrons. The predicted molar refractivity (Wildman–Crippen MR) is 109 cm³/mol. The summed E-state index contributed by atoms with van der Waals surface area (Å²) >= 11 is 0. The Hall–Kier alpha value is -1.87. The number of methoxy groups -OCH3 is 1. The average molecular weight is 369 g/mol. The molecule has 0 bridgehead atoms. The lowest BCUT2D eigenvalue weighted by Crippen LogP contribution is -2.37. The minimum atomic E-state index is -0.784. The lowest BCUT2D eigenvalue weighted by Gasteiger charge is -2.43. The van der Waals surface area contributed by atoms with Crippen LogP contribution in [0.15, 0.2) is 48.6 Å². The van der Waals surface area contributed by atoms with Crippen LogP contribution in [0.3, 0.4) is 0 Å². The first-order valence-electron chi connectivity index (χ1n) is 10.3. The smallest absolute Gasteiger partial charge is 0.314 e. The van der Waals surface area contributed by atoms with E-state index in [1.54, 1.807) is 7.11 Å². The van der Waals surface area contributed by atoms with Crippen LogP contribution in [0, 0.1) is 17.8 Å². The summed E-state index contributed by atoms with van der Waals surface area (Å²) in [6.45, 7) is 2.85. The van der Waals surface area contributed by atoms with Gasteiger partial charge in [-0.25, -0.2) is 0 Å². The van der Waals surface area contributed by atoms with Gasteiger partial charge in [-0.15, -0.1) is 0 Å². The molecule has 2 aliphatic carbocycles. The zero-order valence-electron chi connectivity index (χ0n) is 16.6. The third-order valence-corrected chi connectivity index (χ3v) is 6.45. The maximum Gasteiger partial charge on any atom is 0.314 e. The lowest BCUT2D eigenvalue weighted by molar-refractivity contribution is -0.138. The average Bonchev–Trinajstić information content (AvgIpc) is 2.69. The second-order valence-corrected chi connectivity index (χ2v) is 8.11. The number of carboxylic acids is 1. The number of hydrogen-bond donors (Lipinski definition) is 1. The van der Waals surface area contributed by atoms with Crippen molar-refractivity contribution in [1.29, 1.82) is 0 Å². The molecular weight excluding hydrogens is 336 g/mol. The van der Waals surface area contributed by atoms with E-state index in [1.165, 1.54) is 49.7 Å². The van der Waals surface area contributed by atoms with E-state index in [-0.39, 0.29) is 5.41 Å². The minimum absolute atomic E-state index is 0.224. The number of carboxylic acid groups (broad SMARTS) is 1. The summed E-state index contributed by atoms with van der Waals surface area (Å²) in [7, 11) is 1.73. The highest BCUT2D eigenvalue weighted by molar-refractivity contribution is 5.75. The van der Waals surface area contributed by atoms with Crippen molar-refractivity contribution in [1.82, 2.24) is 0 Å². The summed E-state index contributed by atoms with van der Waals surface area (Å²) < 4.78 is 5.46. The van der Waals surface area contributed by atoms with Gasteiger partial charge in [-0.2, -0.15) is 0 Å². The largest absolute Gasteiger partial charge is 0.481 e. The molecule has 3 nitrogen and oxygen atoms in total. The van der Waals surface area contributed by atoms with Gasteiger partial charge in [0.15, 0.2) is 0 Å². The zero-order chi connectivity index (χ0) is 19.3. The Balaban J connectivity index is 1.96. The summed E-state index contributed by atoms with van der Waals surface area (Å²) in [6, 6.07) is 8.47. The van der Waals surface area contributed by atoms with Crippen LogP contribution in [0.4, 0.5) is 0 Å². The Kier molecular flexibility index (Phi) is 6.54. The number of allylic oxidation sites excluding steroid dienone is 2. The quantitative estimate of drug-likeness (QED) is 0.646. The lowest BCUT2D eigenvalue weighted by atomic mass is 9.61. The second-order valence-electron chi connectivity index (χ2n) is 8.11. The molecule has 1 aromatic rings. The normalized spacial score (nSPS) is 30.4. The van der Waals surface area contributed by atoms with Crippen LogP contribution in [0.2, 0.25) is 0 Å². The summed E-state index contributed by atoms with van der Waals surface area (Å²) in [5.41, 5.74) is 2.24. The van der Waals surface area contributed by atoms with E-state index in [9.17, 15) is 9.90 Å². The molecule has 0 aromatic heterocycles. The van der Waals surface area contributed by atoms with E-state index >= 15 is 0 Å². The molecule has 1 fully saturated rings. The Morgan fingerprint density at radius 2 is 1.81 bits per heavy atom. The van der Waals surface area contributed by atoms with Crippen molar-refractivity contribution in [3.8, 4) is 0 Å². The predicted octanol–water partition coefficient (Wildman–Crippen LogP) is 5.50. The Labute approximate surface area is 163 Å². The molecule has 3 heteroatoms. The molecule has 0 amide bonds. The zero-order valence-corrected chi connectivity index (χ0v) is 16.6. The van der Waals surface area contributed by atoms with E-state index in [0.29, 0.717) is 12.5 Å². The highest BCUT2D eigenvalue weighted by Crippen LogP contribution is 2.48. The Morgan fingerprint density at radius 3 is 2.41 bits per heavy atom. The summed E-state index contributed by atoms with van der Waals surface area (Å²) in [5, 5.41) is 9.40. The van der Waals surface area contributed by atoms with Crippen molar-refractivity contribution in [2.45, 2.75) is 57.5 Å². The number of benzene rings is 1. The summed E-state index contributed by atoms with van der Waals surface area (Å²) in [6.07, 6.45) is 15.6. The van der Waals surface area contributed by atoms with Crippen LogP contribution in [0.1, 0.15) is 56.6 Å². The third-order valence-electron chi connectivity index (χ3n) is 6.45. The molecule has 0 saturated heterocycles. The molecule has 0 atom stereocenters. The number of carbonyl (C=O) groups is 1. The van der Waals surface area contributed by atoms with Crippen LogP contribution in [0.5, 0.6) is 0 Å². The number of aliphatic carboxylic acids is 1. The maximum atomic E-state index is 11.4. The van der Waals surface area contributed by atoms with Gasteiger partial charge in [0, 0.05) is 12.5 Å². The number of ether oxygens (including phenoxy) is 1. The van der Waals surface area contributed by atoms with Gasteiger partial charge in [0.25, 0.3) is 0 Å². The van der Waals surface area contributed by atoms with Gasteiger partial charge in [-0.1, -0.05) is 81.2 Å². The Bertz CT molecular complexity index is 681. The van der Waals surface area contributed by atoms with Crippen molar-refractivity contribution < 1.29 is 14.6 Å². The van der Waals surface area contributed by atoms with Crippen LogP contribution in [0.25, 0.3) is 0 Å². The van der Waals surface area contributed by atoms with E-state index in [1.807, 2.05) is 12.2 Å². The van der Waals surface area contributed by atoms with Crippen molar-refractivity contribution in [3.63, 3.8) is 0 Å². The van der Waals surface area contributed by atoms with Crippen LogP contribution < -0.4 is 0 Å². The van der Waals surface area contributed by atoms with Crippen LogP contribution >= 0.6 is 0 Å². The summed E-state index contributed by atoms with van der Waals surface area (Å²) in [4.78, 5) is 11.4. The maximum absolute atomic E-state index is 11.4. The highest BCUT2D eigenvalue weighted by atomic mass is 16.5. The van der Waals surface area contributed by atoms with E-state index in [0.717, 1.165) is 5.92 Å². The van der Waals surface area contributed by atoms with Crippen molar-refractivity contribution in [2.75, 3.05) is 7.11 Å². The van der Waals surface area contributed by atoms with Crippen LogP contribution in [-0.4, -0.2) is 18.2 Å². The molecule has 0 aliphatic heterocycles. The molecular formula is C24H32O3. The van der Waals surface area contributed by atoms with Gasteiger partial charge in [-0.05, 0) is 35.8 Å². The van der Waals surface area contributed by atoms with E-state index < -0.39 is 11.9 Å². The van der Waals surface area contributed by atoms with Crippen molar-refractivity contribution in [2.24, 2.45) is 17.8 Å². The SMILES string of the molecule is CCC[C@H]1CC[C@H](C2(c3ccccc3COC)C=CC(C(=O)O)C=C2)CC1. The molecule has 0 unspecified atom stereocenters. The Morgan fingerprint density at radius 1 is 1.15 bits per heavy atom. The first-order chi connectivity index (χ1) is 13.1. The molecule has 0 radical (unpaired) electrons. The van der Waals surface area contributed by atoms with Crippen molar-refractivity contribution >= 4 is 5.97 Å². The molecule has 1 N–H and O–H groups in total. The minimum Gasteiger partial charge on any atom is -0.481 e. The molecule has 3 rings (SSSR count). The standard InChI is InChI=1S/C24H32O3/c1-3-6-18-9-11-21(12-10-18)24(15-13-19(14-16-24)23(25)26)22-8-5-4-7-20(22)17-27-2/h4-5,7-8,13-16,18-19,21H,3,6,9-12,17H2,1-2H3,(H,25,26)/t18-,19?,21-,24?. The summed E-state index contributed by atoms with van der Waals surface area (Å²) in [5.74, 6) is 0.0452. The molecule has 1 saturated carbocycles. The molecule has 27 heavy (non-hydrogen) atoms. The fourth-order valence-electron chi connectivity index (χ4n) is 5.04. The fraction of sp³-hybridized carbons (Fsp3) is 0.542. The fourth-order valence-corrected chi connectivity index (χ4v) is 5.04. The first kappa shape index (κ1) is 19.9. The second kappa shape index (κ2) is 8.88. The molecule has 2 aliphatic rings. The van der Waals surface area contributed by atoms with Gasteiger partial charge in [0.05, 0.1) is 12.5 Å². The first-order valence-corrected chi connectivity index (χ1v) is 10.3. The third kappa shape index (κ3) is 4.19.